The number of para-hydroxylation sites is 1. The summed E-state index contributed by atoms with van der Waals surface area (Å²) in [5.74, 6) is 6.82. The van der Waals surface area contributed by atoms with Crippen molar-refractivity contribution in [3.63, 3.8) is 0 Å². The van der Waals surface area contributed by atoms with E-state index < -0.39 is 5.82 Å². The molecule has 0 aliphatic carbocycles. The van der Waals surface area contributed by atoms with E-state index >= 15 is 0 Å². The van der Waals surface area contributed by atoms with E-state index in [0.717, 1.165) is 4.47 Å². The number of nitrogens with zero attached hydrogens (tertiary/aromatic N) is 3. The normalized spacial score (nSPS) is 10.8. The molecule has 146 valence electrons. The molecule has 0 unspecified atom stereocenters. The van der Waals surface area contributed by atoms with Gasteiger partial charge in [0.1, 0.15) is 6.61 Å². The fourth-order valence-electron chi connectivity index (χ4n) is 2.38. The maximum absolute atomic E-state index is 13.6. The van der Waals surface area contributed by atoms with Crippen LogP contribution in [0.2, 0.25) is 0 Å². The molecule has 0 amide bonds. The van der Waals surface area contributed by atoms with E-state index in [9.17, 15) is 9.18 Å². The molecule has 3 aromatic rings. The average Bonchev–Trinajstić information content (AvgIpc) is 3.04. The standard InChI is InChI=1S/C19H18BrFN4O2S/c20-14-9-7-13(8-10-14)16(26)5-3-11-28-19-24-23-18(25(19)22)12-27-17-6-2-1-4-15(17)21/h1-2,4,6-10H,3,5,11-12,22H2. The summed E-state index contributed by atoms with van der Waals surface area (Å²) in [5, 5.41) is 8.52. The van der Waals surface area contributed by atoms with Crippen LogP contribution in [0.15, 0.2) is 58.2 Å². The van der Waals surface area contributed by atoms with Crippen molar-refractivity contribution in [1.29, 1.82) is 0 Å². The number of ketones is 1. The molecule has 0 saturated heterocycles. The Morgan fingerprint density at radius 1 is 1.18 bits per heavy atom. The molecule has 0 aliphatic rings. The third-order valence-corrected chi connectivity index (χ3v) is 5.43. The van der Waals surface area contributed by atoms with Crippen LogP contribution in [0.1, 0.15) is 29.0 Å². The van der Waals surface area contributed by atoms with Gasteiger partial charge in [-0.15, -0.1) is 10.2 Å². The van der Waals surface area contributed by atoms with E-state index in [1.807, 2.05) is 12.1 Å². The molecule has 0 aliphatic heterocycles. The first-order valence-corrected chi connectivity index (χ1v) is 10.3. The van der Waals surface area contributed by atoms with Gasteiger partial charge in [-0.05, 0) is 30.7 Å². The van der Waals surface area contributed by atoms with Crippen molar-refractivity contribution in [2.75, 3.05) is 11.6 Å². The molecular weight excluding hydrogens is 447 g/mol. The highest BCUT2D eigenvalue weighted by molar-refractivity contribution is 9.10. The minimum Gasteiger partial charge on any atom is -0.482 e. The zero-order valence-electron chi connectivity index (χ0n) is 14.8. The van der Waals surface area contributed by atoms with Crippen LogP contribution in [0.3, 0.4) is 0 Å². The first kappa shape index (κ1) is 20.3. The van der Waals surface area contributed by atoms with Crippen LogP contribution in [0.25, 0.3) is 0 Å². The lowest BCUT2D eigenvalue weighted by molar-refractivity contribution is 0.0982. The molecule has 0 bridgehead atoms. The quantitative estimate of drug-likeness (QED) is 0.221. The number of halogens is 2. The van der Waals surface area contributed by atoms with Gasteiger partial charge < -0.3 is 10.6 Å². The highest BCUT2D eigenvalue weighted by Gasteiger charge is 2.12. The van der Waals surface area contributed by atoms with Crippen LogP contribution < -0.4 is 10.6 Å². The van der Waals surface area contributed by atoms with Gasteiger partial charge in [-0.25, -0.2) is 9.07 Å². The molecular formula is C19H18BrFN4O2S. The Labute approximate surface area is 174 Å². The second-order valence-electron chi connectivity index (χ2n) is 5.87. The Kier molecular flexibility index (Phi) is 7.05. The number of thioether (sulfide) groups is 1. The van der Waals surface area contributed by atoms with E-state index in [0.29, 0.717) is 35.1 Å². The summed E-state index contributed by atoms with van der Waals surface area (Å²) >= 11 is 4.76. The van der Waals surface area contributed by atoms with Crippen LogP contribution in [0.4, 0.5) is 4.39 Å². The van der Waals surface area contributed by atoms with Gasteiger partial charge in [0.05, 0.1) is 0 Å². The second kappa shape index (κ2) is 9.70. The van der Waals surface area contributed by atoms with Gasteiger partial charge in [0.2, 0.25) is 5.16 Å². The van der Waals surface area contributed by atoms with E-state index in [-0.39, 0.29) is 18.1 Å². The maximum Gasteiger partial charge on any atom is 0.209 e. The monoisotopic (exact) mass is 464 g/mol. The lowest BCUT2D eigenvalue weighted by Crippen LogP contribution is -2.16. The van der Waals surface area contributed by atoms with Crippen molar-refractivity contribution in [3.05, 3.63) is 70.2 Å². The molecule has 2 aromatic carbocycles. The zero-order chi connectivity index (χ0) is 19.9. The molecule has 1 aromatic heterocycles. The van der Waals surface area contributed by atoms with Crippen molar-refractivity contribution in [3.8, 4) is 5.75 Å². The first-order chi connectivity index (χ1) is 13.5. The van der Waals surface area contributed by atoms with Crippen LogP contribution >= 0.6 is 27.7 Å². The van der Waals surface area contributed by atoms with Crippen molar-refractivity contribution in [2.24, 2.45) is 0 Å². The van der Waals surface area contributed by atoms with Gasteiger partial charge >= 0.3 is 0 Å². The number of carbonyl (C=O) groups is 1. The fourth-order valence-corrected chi connectivity index (χ4v) is 3.46. The molecule has 0 radical (unpaired) electrons. The fraction of sp³-hybridized carbons (Fsp3) is 0.211. The van der Waals surface area contributed by atoms with Gasteiger partial charge in [0.25, 0.3) is 0 Å². The van der Waals surface area contributed by atoms with E-state index in [2.05, 4.69) is 26.1 Å². The van der Waals surface area contributed by atoms with Crippen LogP contribution in [-0.4, -0.2) is 26.4 Å². The van der Waals surface area contributed by atoms with Crippen molar-refractivity contribution < 1.29 is 13.9 Å². The average molecular weight is 465 g/mol. The number of Topliss-reactive ketones (excluding diaryl/α,β-unsaturated/α-hetero) is 1. The van der Waals surface area contributed by atoms with Gasteiger partial charge in [-0.3, -0.25) is 4.79 Å². The summed E-state index contributed by atoms with van der Waals surface area (Å²) in [4.78, 5) is 12.2. The maximum atomic E-state index is 13.6. The minimum atomic E-state index is -0.448. The lowest BCUT2D eigenvalue weighted by atomic mass is 10.1. The molecule has 6 nitrogen and oxygen atoms in total. The summed E-state index contributed by atoms with van der Waals surface area (Å²) in [6.45, 7) is 0.00699. The summed E-state index contributed by atoms with van der Waals surface area (Å²) < 4.78 is 21.2. The molecule has 0 atom stereocenters. The second-order valence-corrected chi connectivity index (χ2v) is 7.85. The predicted molar refractivity (Wildman–Crippen MR) is 109 cm³/mol. The van der Waals surface area contributed by atoms with E-state index in [1.54, 1.807) is 24.3 Å². The zero-order valence-corrected chi connectivity index (χ0v) is 17.2. The van der Waals surface area contributed by atoms with Gasteiger partial charge in [-0.1, -0.05) is 52.0 Å². The van der Waals surface area contributed by atoms with Crippen LogP contribution in [0.5, 0.6) is 5.75 Å². The number of benzene rings is 2. The van der Waals surface area contributed by atoms with Crippen molar-refractivity contribution in [1.82, 2.24) is 14.9 Å². The summed E-state index contributed by atoms with van der Waals surface area (Å²) in [7, 11) is 0. The van der Waals surface area contributed by atoms with Gasteiger partial charge in [0.15, 0.2) is 23.2 Å². The van der Waals surface area contributed by atoms with Crippen LogP contribution in [-0.2, 0) is 6.61 Å². The van der Waals surface area contributed by atoms with Crippen molar-refractivity contribution >= 4 is 33.5 Å². The summed E-state index contributed by atoms with van der Waals surface area (Å²) in [5.41, 5.74) is 0.697. The summed E-state index contributed by atoms with van der Waals surface area (Å²) in [6.07, 6.45) is 1.13. The third-order valence-electron chi connectivity index (χ3n) is 3.87. The van der Waals surface area contributed by atoms with E-state index in [4.69, 9.17) is 10.6 Å². The molecule has 2 N–H and O–H groups in total. The Morgan fingerprint density at radius 2 is 1.93 bits per heavy atom. The molecule has 0 fully saturated rings. The number of rotatable bonds is 9. The van der Waals surface area contributed by atoms with Gasteiger partial charge in [-0.2, -0.15) is 0 Å². The van der Waals surface area contributed by atoms with Gasteiger partial charge in [0, 0.05) is 22.2 Å². The molecule has 0 spiro atoms. The number of carbonyl (C=O) groups excluding carboxylic acids is 1. The number of aromatic nitrogens is 3. The first-order valence-electron chi connectivity index (χ1n) is 8.53. The number of hydrogen-bond acceptors (Lipinski definition) is 6. The number of hydrogen-bond donors (Lipinski definition) is 1. The topological polar surface area (TPSA) is 83.0 Å². The third kappa shape index (κ3) is 5.32. The number of ether oxygens (including phenoxy) is 1. The Hall–Kier alpha value is -2.39. The number of nitrogens with two attached hydrogens (primary N) is 1. The highest BCUT2D eigenvalue weighted by atomic mass is 79.9. The molecule has 9 heteroatoms. The SMILES string of the molecule is Nn1c(COc2ccccc2F)nnc1SCCCC(=O)c1ccc(Br)cc1. The Bertz CT molecular complexity index is 949. The minimum absolute atomic E-state index is 0.00699. The molecule has 3 rings (SSSR count). The molecule has 0 saturated carbocycles. The van der Waals surface area contributed by atoms with Crippen molar-refractivity contribution in [2.45, 2.75) is 24.6 Å². The lowest BCUT2D eigenvalue weighted by Gasteiger charge is -2.07. The van der Waals surface area contributed by atoms with Crippen LogP contribution in [0, 0.1) is 5.82 Å². The van der Waals surface area contributed by atoms with E-state index in [1.165, 1.54) is 28.6 Å². The molecule has 28 heavy (non-hydrogen) atoms. The number of nitrogen functional groups attached to an aromatic ring is 1. The Balaban J connectivity index is 1.46. The largest absolute Gasteiger partial charge is 0.482 e. The Morgan fingerprint density at radius 3 is 2.68 bits per heavy atom. The molecule has 1 heterocycles. The predicted octanol–water partition coefficient (Wildman–Crippen LogP) is 4.23. The smallest absolute Gasteiger partial charge is 0.209 e. The highest BCUT2D eigenvalue weighted by Crippen LogP contribution is 2.20. The summed E-state index contributed by atoms with van der Waals surface area (Å²) in [6, 6.07) is 13.4.